The van der Waals surface area contributed by atoms with Gasteiger partial charge in [0.1, 0.15) is 11.0 Å². The number of benzene rings is 1. The molecule has 0 aliphatic carbocycles. The molecule has 1 aromatic carbocycles. The van der Waals surface area contributed by atoms with E-state index in [2.05, 4.69) is 10.3 Å². The SMILES string of the molecule is CC(C)CC(=O)On1nnc2ccccc21. The Morgan fingerprint density at radius 2 is 2.19 bits per heavy atom. The standard InChI is InChI=1S/C11H13N3O2/c1-8(2)7-11(15)16-14-10-6-4-3-5-9(10)12-13-14/h3-6,8H,7H2,1-2H3. The van der Waals surface area contributed by atoms with Gasteiger partial charge in [0.15, 0.2) is 0 Å². The summed E-state index contributed by atoms with van der Waals surface area (Å²) in [5.41, 5.74) is 1.40. The van der Waals surface area contributed by atoms with Gasteiger partial charge in [0.05, 0.1) is 6.42 Å². The summed E-state index contributed by atoms with van der Waals surface area (Å²) in [5.74, 6) is -0.0343. The zero-order valence-electron chi connectivity index (χ0n) is 9.25. The molecule has 0 radical (unpaired) electrons. The second-order valence-corrected chi connectivity index (χ2v) is 4.01. The van der Waals surface area contributed by atoms with Crippen LogP contribution in [0.15, 0.2) is 24.3 Å². The Balaban J connectivity index is 2.18. The molecule has 5 nitrogen and oxygen atoms in total. The van der Waals surface area contributed by atoms with Crippen LogP contribution >= 0.6 is 0 Å². The minimum Gasteiger partial charge on any atom is -0.317 e. The normalized spacial score (nSPS) is 10.9. The van der Waals surface area contributed by atoms with Crippen LogP contribution in [0.1, 0.15) is 20.3 Å². The van der Waals surface area contributed by atoms with Crippen LogP contribution in [0, 0.1) is 5.92 Å². The van der Waals surface area contributed by atoms with Crippen molar-refractivity contribution in [1.82, 2.24) is 15.2 Å². The van der Waals surface area contributed by atoms with Crippen LogP contribution in [-0.2, 0) is 4.79 Å². The second-order valence-electron chi connectivity index (χ2n) is 4.01. The summed E-state index contributed by atoms with van der Waals surface area (Å²) in [6.45, 7) is 3.92. The van der Waals surface area contributed by atoms with Gasteiger partial charge >= 0.3 is 5.97 Å². The number of carbonyl (C=O) groups excluding carboxylic acids is 1. The van der Waals surface area contributed by atoms with Gasteiger partial charge in [0.2, 0.25) is 0 Å². The van der Waals surface area contributed by atoms with Crippen molar-refractivity contribution in [3.05, 3.63) is 24.3 Å². The van der Waals surface area contributed by atoms with E-state index >= 15 is 0 Å². The maximum absolute atomic E-state index is 11.5. The Kier molecular flexibility index (Phi) is 2.85. The van der Waals surface area contributed by atoms with Crippen LogP contribution in [0.3, 0.4) is 0 Å². The van der Waals surface area contributed by atoms with E-state index in [1.807, 2.05) is 32.0 Å². The van der Waals surface area contributed by atoms with Gasteiger partial charge in [-0.05, 0) is 23.3 Å². The lowest BCUT2D eigenvalue weighted by atomic mass is 10.1. The minimum atomic E-state index is -0.300. The molecule has 0 aliphatic heterocycles. The van der Waals surface area contributed by atoms with Crippen molar-refractivity contribution in [1.29, 1.82) is 0 Å². The van der Waals surface area contributed by atoms with Gasteiger partial charge in [-0.25, -0.2) is 4.79 Å². The van der Waals surface area contributed by atoms with E-state index < -0.39 is 0 Å². The average molecular weight is 219 g/mol. The van der Waals surface area contributed by atoms with Gasteiger partial charge in [0, 0.05) is 0 Å². The number of nitrogens with zero attached hydrogens (tertiary/aromatic N) is 3. The number of carbonyl (C=O) groups is 1. The third kappa shape index (κ3) is 2.18. The highest BCUT2D eigenvalue weighted by Gasteiger charge is 2.10. The van der Waals surface area contributed by atoms with Crippen molar-refractivity contribution < 1.29 is 9.63 Å². The molecule has 0 spiro atoms. The van der Waals surface area contributed by atoms with Crippen LogP contribution in [0.25, 0.3) is 11.0 Å². The maximum Gasteiger partial charge on any atom is 0.335 e. The molecule has 16 heavy (non-hydrogen) atoms. The van der Waals surface area contributed by atoms with Crippen LogP contribution in [-0.4, -0.2) is 21.1 Å². The molecule has 1 aromatic heterocycles. The highest BCUT2D eigenvalue weighted by molar-refractivity contribution is 5.75. The summed E-state index contributed by atoms with van der Waals surface area (Å²) in [5, 5.41) is 7.65. The Morgan fingerprint density at radius 1 is 1.44 bits per heavy atom. The fourth-order valence-corrected chi connectivity index (χ4v) is 1.38. The molecule has 0 amide bonds. The Bertz CT molecular complexity index is 505. The largest absolute Gasteiger partial charge is 0.335 e. The van der Waals surface area contributed by atoms with Crippen LogP contribution in [0.2, 0.25) is 0 Å². The minimum absolute atomic E-state index is 0.266. The monoisotopic (exact) mass is 219 g/mol. The van der Waals surface area contributed by atoms with E-state index in [4.69, 9.17) is 4.84 Å². The number of fused-ring (bicyclic) bond motifs is 1. The van der Waals surface area contributed by atoms with Gasteiger partial charge in [0.25, 0.3) is 0 Å². The molecule has 0 bridgehead atoms. The number of para-hydroxylation sites is 1. The van der Waals surface area contributed by atoms with E-state index in [0.717, 1.165) is 0 Å². The number of aromatic nitrogens is 3. The molecule has 5 heteroatoms. The van der Waals surface area contributed by atoms with E-state index in [0.29, 0.717) is 17.5 Å². The zero-order valence-corrected chi connectivity index (χ0v) is 9.25. The molecule has 0 N–H and O–H groups in total. The molecule has 2 rings (SSSR count). The smallest absolute Gasteiger partial charge is 0.317 e. The average Bonchev–Trinajstić information content (AvgIpc) is 2.61. The van der Waals surface area contributed by atoms with E-state index in [-0.39, 0.29) is 11.9 Å². The predicted molar refractivity (Wildman–Crippen MR) is 58.6 cm³/mol. The van der Waals surface area contributed by atoms with Crippen molar-refractivity contribution in [3.8, 4) is 0 Å². The number of hydrogen-bond donors (Lipinski definition) is 0. The first kappa shape index (κ1) is 10.6. The quantitative estimate of drug-likeness (QED) is 0.733. The molecule has 0 unspecified atom stereocenters. The van der Waals surface area contributed by atoms with Crippen molar-refractivity contribution in [2.75, 3.05) is 0 Å². The molecule has 2 aromatic rings. The number of hydrogen-bond acceptors (Lipinski definition) is 4. The predicted octanol–water partition coefficient (Wildman–Crippen LogP) is 1.43. The summed E-state index contributed by atoms with van der Waals surface area (Å²) in [6.07, 6.45) is 0.369. The lowest BCUT2D eigenvalue weighted by Gasteiger charge is -2.04. The first-order chi connectivity index (χ1) is 7.66. The van der Waals surface area contributed by atoms with Crippen molar-refractivity contribution in [3.63, 3.8) is 0 Å². The second kappa shape index (κ2) is 4.30. The third-order valence-electron chi connectivity index (χ3n) is 2.08. The van der Waals surface area contributed by atoms with Gasteiger partial charge in [-0.15, -0.1) is 5.10 Å². The molecule has 1 heterocycles. The maximum atomic E-state index is 11.5. The van der Waals surface area contributed by atoms with E-state index in [9.17, 15) is 4.79 Å². The molecule has 84 valence electrons. The van der Waals surface area contributed by atoms with Crippen LogP contribution in [0.5, 0.6) is 0 Å². The van der Waals surface area contributed by atoms with Crippen LogP contribution < -0.4 is 4.84 Å². The van der Waals surface area contributed by atoms with Crippen molar-refractivity contribution in [2.24, 2.45) is 5.92 Å². The van der Waals surface area contributed by atoms with Crippen molar-refractivity contribution in [2.45, 2.75) is 20.3 Å². The Morgan fingerprint density at radius 3 is 2.94 bits per heavy atom. The lowest BCUT2D eigenvalue weighted by Crippen LogP contribution is -2.22. The van der Waals surface area contributed by atoms with E-state index in [1.54, 1.807) is 6.07 Å². The fourth-order valence-electron chi connectivity index (χ4n) is 1.38. The molecule has 0 fully saturated rings. The van der Waals surface area contributed by atoms with Gasteiger partial charge in [-0.3, -0.25) is 0 Å². The summed E-state index contributed by atoms with van der Waals surface area (Å²) >= 11 is 0. The summed E-state index contributed by atoms with van der Waals surface area (Å²) in [6, 6.07) is 7.32. The fraction of sp³-hybridized carbons (Fsp3) is 0.364. The van der Waals surface area contributed by atoms with Crippen LogP contribution in [0.4, 0.5) is 0 Å². The molecule has 0 atom stereocenters. The van der Waals surface area contributed by atoms with Gasteiger partial charge in [-0.2, -0.15) is 0 Å². The Labute approximate surface area is 93.0 Å². The Hall–Kier alpha value is -1.91. The van der Waals surface area contributed by atoms with Crippen molar-refractivity contribution >= 4 is 17.0 Å². The molecule has 0 saturated heterocycles. The zero-order chi connectivity index (χ0) is 11.5. The highest BCUT2D eigenvalue weighted by Crippen LogP contribution is 2.08. The summed E-state index contributed by atoms with van der Waals surface area (Å²) in [4.78, 5) is 17.7. The summed E-state index contributed by atoms with van der Waals surface area (Å²) in [7, 11) is 0. The summed E-state index contributed by atoms with van der Waals surface area (Å²) < 4.78 is 0. The topological polar surface area (TPSA) is 57.0 Å². The highest BCUT2D eigenvalue weighted by atomic mass is 16.7. The molecular weight excluding hydrogens is 206 g/mol. The van der Waals surface area contributed by atoms with E-state index in [1.165, 1.54) is 4.85 Å². The first-order valence-corrected chi connectivity index (χ1v) is 5.18. The first-order valence-electron chi connectivity index (χ1n) is 5.18. The van der Waals surface area contributed by atoms with Gasteiger partial charge in [-0.1, -0.05) is 30.8 Å². The number of rotatable bonds is 3. The molecule has 0 saturated carbocycles. The third-order valence-corrected chi connectivity index (χ3v) is 2.08. The molecule has 0 aliphatic rings. The van der Waals surface area contributed by atoms with Gasteiger partial charge < -0.3 is 4.84 Å². The molecular formula is C11H13N3O2. The lowest BCUT2D eigenvalue weighted by molar-refractivity contribution is -0.146.